The molecule has 0 aliphatic heterocycles. The first-order chi connectivity index (χ1) is 18.1. The minimum Gasteiger partial charge on any atom is -0.493 e. The topological polar surface area (TPSA) is 124 Å². The van der Waals surface area contributed by atoms with Gasteiger partial charge in [-0.15, -0.1) is 0 Å². The Kier molecular flexibility index (Phi) is 8.58. The Bertz CT molecular complexity index is 1370. The minimum absolute atomic E-state index is 0.0280. The molecular weight excluding hydrogens is 472 g/mol. The predicted octanol–water partition coefficient (Wildman–Crippen LogP) is 4.11. The molecule has 0 spiro atoms. The van der Waals surface area contributed by atoms with Crippen molar-refractivity contribution in [3.63, 3.8) is 0 Å². The molecule has 1 heterocycles. The summed E-state index contributed by atoms with van der Waals surface area (Å²) >= 11 is 0. The summed E-state index contributed by atoms with van der Waals surface area (Å²) in [6, 6.07) is 16.9. The maximum atomic E-state index is 10.3. The average Bonchev–Trinajstić information content (AvgIpc) is 2.94. The highest BCUT2D eigenvalue weighted by Crippen LogP contribution is 2.41. The van der Waals surface area contributed by atoms with Gasteiger partial charge < -0.3 is 35.2 Å². The van der Waals surface area contributed by atoms with E-state index in [2.05, 4.69) is 10.3 Å². The van der Waals surface area contributed by atoms with Crippen molar-refractivity contribution in [3.8, 4) is 22.6 Å². The summed E-state index contributed by atoms with van der Waals surface area (Å²) in [6.45, 7) is -0.607. The van der Waals surface area contributed by atoms with Gasteiger partial charge in [-0.3, -0.25) is 0 Å². The summed E-state index contributed by atoms with van der Waals surface area (Å²) in [6.07, 6.45) is 2.12. The molecule has 4 aromatic rings. The molecular formula is C29H32N2O6. The van der Waals surface area contributed by atoms with Gasteiger partial charge in [0.05, 0.1) is 34.0 Å². The van der Waals surface area contributed by atoms with Crippen molar-refractivity contribution in [1.82, 2.24) is 4.98 Å². The zero-order valence-electron chi connectivity index (χ0n) is 20.9. The van der Waals surface area contributed by atoms with Gasteiger partial charge in [-0.1, -0.05) is 18.2 Å². The van der Waals surface area contributed by atoms with E-state index < -0.39 is 0 Å². The molecule has 3 aromatic carbocycles. The fraction of sp³-hybridized carbons (Fsp3) is 0.276. The summed E-state index contributed by atoms with van der Waals surface area (Å²) in [4.78, 5) is 4.49. The maximum Gasteiger partial charge on any atom is 0.161 e. The quantitative estimate of drug-likeness (QED) is 0.207. The van der Waals surface area contributed by atoms with E-state index in [0.29, 0.717) is 34.9 Å². The number of para-hydroxylation sites is 1. The number of fused-ring (bicyclic) bond motifs is 1. The van der Waals surface area contributed by atoms with E-state index in [-0.39, 0.29) is 32.3 Å². The number of hydrogen-bond donors (Lipinski definition) is 5. The van der Waals surface area contributed by atoms with Gasteiger partial charge in [0.2, 0.25) is 0 Å². The molecule has 0 aliphatic carbocycles. The summed E-state index contributed by atoms with van der Waals surface area (Å²) in [5, 5.41) is 44.7. The van der Waals surface area contributed by atoms with Crippen molar-refractivity contribution in [3.05, 3.63) is 77.5 Å². The average molecular weight is 505 g/mol. The number of rotatable bonds is 11. The summed E-state index contributed by atoms with van der Waals surface area (Å²) < 4.78 is 11.0. The Hall–Kier alpha value is -3.69. The lowest BCUT2D eigenvalue weighted by Gasteiger charge is -2.20. The minimum atomic E-state index is -0.261. The number of methoxy groups -OCH3 is 2. The Morgan fingerprint density at radius 2 is 1.65 bits per heavy atom. The van der Waals surface area contributed by atoms with Crippen LogP contribution in [0.3, 0.4) is 0 Å². The molecule has 8 heteroatoms. The van der Waals surface area contributed by atoms with Crippen LogP contribution >= 0.6 is 0 Å². The number of nitrogens with zero attached hydrogens (tertiary/aromatic N) is 1. The van der Waals surface area contributed by atoms with Crippen molar-refractivity contribution in [1.29, 1.82) is 0 Å². The van der Waals surface area contributed by atoms with Crippen molar-refractivity contribution in [2.75, 3.05) is 32.8 Å². The zero-order valence-corrected chi connectivity index (χ0v) is 20.9. The molecule has 0 saturated carbocycles. The number of pyridine rings is 1. The van der Waals surface area contributed by atoms with E-state index >= 15 is 0 Å². The van der Waals surface area contributed by atoms with Gasteiger partial charge in [0, 0.05) is 24.4 Å². The van der Waals surface area contributed by atoms with Crippen LogP contribution in [-0.2, 0) is 13.2 Å². The first kappa shape index (κ1) is 26.4. The molecule has 0 saturated heterocycles. The van der Waals surface area contributed by atoms with Crippen LogP contribution in [0.5, 0.6) is 11.5 Å². The van der Waals surface area contributed by atoms with Crippen LogP contribution < -0.4 is 14.8 Å². The van der Waals surface area contributed by atoms with Crippen LogP contribution in [0.1, 0.15) is 29.0 Å². The molecule has 0 amide bonds. The predicted molar refractivity (Wildman–Crippen MR) is 143 cm³/mol. The van der Waals surface area contributed by atoms with Gasteiger partial charge in [0.1, 0.15) is 5.82 Å². The third-order valence-corrected chi connectivity index (χ3v) is 6.58. The molecule has 0 fully saturated rings. The third kappa shape index (κ3) is 5.38. The number of benzene rings is 3. The van der Waals surface area contributed by atoms with Crippen molar-refractivity contribution >= 4 is 22.3 Å². The zero-order chi connectivity index (χ0) is 26.4. The van der Waals surface area contributed by atoms with E-state index in [1.54, 1.807) is 20.4 Å². The van der Waals surface area contributed by atoms with E-state index in [4.69, 9.17) is 9.47 Å². The number of aliphatic hydroxyl groups excluding tert-OH is 4. The molecule has 1 aromatic heterocycles. The molecule has 5 N–H and O–H groups in total. The van der Waals surface area contributed by atoms with Gasteiger partial charge in [0.15, 0.2) is 11.5 Å². The van der Waals surface area contributed by atoms with Crippen LogP contribution in [0.25, 0.3) is 21.9 Å². The largest absolute Gasteiger partial charge is 0.493 e. The van der Waals surface area contributed by atoms with Crippen LogP contribution in [0.2, 0.25) is 0 Å². The number of nitrogens with one attached hydrogen (secondary N) is 1. The lowest BCUT2D eigenvalue weighted by atomic mass is 9.90. The summed E-state index contributed by atoms with van der Waals surface area (Å²) in [7, 11) is 3.14. The fourth-order valence-electron chi connectivity index (χ4n) is 4.74. The van der Waals surface area contributed by atoms with Crippen molar-refractivity contribution in [2.24, 2.45) is 0 Å². The molecule has 0 bridgehead atoms. The van der Waals surface area contributed by atoms with Gasteiger partial charge in [0.25, 0.3) is 0 Å². The standard InChI is InChI=1S/C29H32N2O6/c1-36-26-12-20-11-21(16-34)24(17-35)29(23(20)14-27(26)37-2)18-7-9-30-28(13-18)31-25-6-4-3-5-22(25)19(15-33)8-10-32/h3-7,9,11-14,19,32-35H,8,10,15-17H2,1-2H3,(H,30,31). The lowest BCUT2D eigenvalue weighted by molar-refractivity contribution is 0.220. The van der Waals surface area contributed by atoms with Crippen molar-refractivity contribution < 1.29 is 29.9 Å². The smallest absolute Gasteiger partial charge is 0.161 e. The molecule has 1 unspecified atom stereocenters. The Morgan fingerprint density at radius 1 is 0.892 bits per heavy atom. The number of hydrogen-bond acceptors (Lipinski definition) is 8. The molecule has 194 valence electrons. The normalized spacial score (nSPS) is 11.9. The molecule has 37 heavy (non-hydrogen) atoms. The number of aromatic nitrogens is 1. The summed E-state index contributed by atoms with van der Waals surface area (Å²) in [5.41, 5.74) is 4.44. The van der Waals surface area contributed by atoms with Crippen LogP contribution in [0.15, 0.2) is 60.8 Å². The molecule has 1 atom stereocenters. The van der Waals surface area contributed by atoms with Gasteiger partial charge in [-0.05, 0) is 81.4 Å². The maximum absolute atomic E-state index is 10.3. The molecule has 0 aliphatic rings. The Balaban J connectivity index is 1.86. The van der Waals surface area contributed by atoms with Crippen LogP contribution in [0.4, 0.5) is 11.5 Å². The highest BCUT2D eigenvalue weighted by atomic mass is 16.5. The SMILES string of the molecule is COc1cc2cc(CO)c(CO)c(-c3ccnc(Nc4ccccc4C(CO)CCO)c3)c2cc1OC. The highest BCUT2D eigenvalue weighted by Gasteiger charge is 2.19. The molecule has 0 radical (unpaired) electrons. The highest BCUT2D eigenvalue weighted by molar-refractivity contribution is 6.01. The van der Waals surface area contributed by atoms with E-state index in [1.165, 1.54) is 0 Å². The van der Waals surface area contributed by atoms with Crippen LogP contribution in [0, 0.1) is 0 Å². The fourth-order valence-corrected chi connectivity index (χ4v) is 4.74. The monoisotopic (exact) mass is 504 g/mol. The number of aliphatic hydroxyl groups is 4. The van der Waals surface area contributed by atoms with E-state index in [9.17, 15) is 20.4 Å². The second-order valence-electron chi connectivity index (χ2n) is 8.67. The molecule has 8 nitrogen and oxygen atoms in total. The number of anilines is 2. The Labute approximate surface area is 215 Å². The first-order valence-corrected chi connectivity index (χ1v) is 12.0. The second-order valence-corrected chi connectivity index (χ2v) is 8.67. The van der Waals surface area contributed by atoms with E-state index in [0.717, 1.165) is 33.2 Å². The lowest BCUT2D eigenvalue weighted by Crippen LogP contribution is -2.09. The second kappa shape index (κ2) is 12.0. The van der Waals surface area contributed by atoms with E-state index in [1.807, 2.05) is 54.6 Å². The Morgan fingerprint density at radius 3 is 2.32 bits per heavy atom. The van der Waals surface area contributed by atoms with Crippen LogP contribution in [-0.4, -0.2) is 52.8 Å². The van der Waals surface area contributed by atoms with Crippen molar-refractivity contribution in [2.45, 2.75) is 25.6 Å². The molecule has 4 rings (SSSR count). The van der Waals surface area contributed by atoms with Gasteiger partial charge in [-0.25, -0.2) is 4.98 Å². The summed E-state index contributed by atoms with van der Waals surface area (Å²) in [5.74, 6) is 1.47. The third-order valence-electron chi connectivity index (χ3n) is 6.58. The van der Waals surface area contributed by atoms with Gasteiger partial charge >= 0.3 is 0 Å². The number of ether oxygens (including phenoxy) is 2. The van der Waals surface area contributed by atoms with Gasteiger partial charge in [-0.2, -0.15) is 0 Å². The first-order valence-electron chi connectivity index (χ1n) is 12.0.